The maximum absolute atomic E-state index is 13.0. The lowest BCUT2D eigenvalue weighted by Gasteiger charge is -2.32. The average Bonchev–Trinajstić information content (AvgIpc) is 3.29. The van der Waals surface area contributed by atoms with Gasteiger partial charge in [0.1, 0.15) is 9.77 Å². The van der Waals surface area contributed by atoms with Gasteiger partial charge < -0.3 is 14.4 Å². The monoisotopic (exact) mass is 469 g/mol. The number of nitrogens with one attached hydrogen (secondary N) is 1. The van der Waals surface area contributed by atoms with Gasteiger partial charge in [0, 0.05) is 25.2 Å². The maximum Gasteiger partial charge on any atom is 0.286 e. The van der Waals surface area contributed by atoms with Crippen LogP contribution in [0.25, 0.3) is 0 Å². The van der Waals surface area contributed by atoms with Gasteiger partial charge >= 0.3 is 0 Å². The van der Waals surface area contributed by atoms with Crippen molar-refractivity contribution in [2.24, 2.45) is 0 Å². The van der Waals surface area contributed by atoms with Crippen molar-refractivity contribution in [3.05, 3.63) is 45.3 Å². The first-order chi connectivity index (χ1) is 14.8. The lowest BCUT2D eigenvalue weighted by atomic mass is 10.0. The zero-order valence-electron chi connectivity index (χ0n) is 17.1. The number of likely N-dealkylation sites (tertiary alicyclic amines) is 1. The Kier molecular flexibility index (Phi) is 7.13. The van der Waals surface area contributed by atoms with Crippen LogP contribution in [0.15, 0.2) is 33.9 Å². The van der Waals surface area contributed by atoms with Crippen LogP contribution in [0.4, 0.5) is 5.69 Å². The van der Waals surface area contributed by atoms with Gasteiger partial charge in [0.25, 0.3) is 11.6 Å². The molecule has 1 aromatic carbocycles. The number of benzene rings is 1. The zero-order valence-corrected chi connectivity index (χ0v) is 18.7. The van der Waals surface area contributed by atoms with Gasteiger partial charge in [0.2, 0.25) is 10.0 Å². The molecule has 1 fully saturated rings. The predicted molar refractivity (Wildman–Crippen MR) is 114 cm³/mol. The van der Waals surface area contributed by atoms with Crippen LogP contribution in [0.1, 0.15) is 30.1 Å². The number of hydrogen-bond acceptors (Lipinski definition) is 8. The van der Waals surface area contributed by atoms with Crippen molar-refractivity contribution < 1.29 is 27.6 Å². The standard InChI is InChI=1S/C19H23N3O7S2/c1-3-29-17-11-14(15(22(24)25)12-16(17)28-2)19(23)21-8-6-13(7-9-21)20-31(26,27)18-5-4-10-30-18/h4-5,10-13,20H,3,6-9H2,1-2H3. The maximum atomic E-state index is 13.0. The Morgan fingerprint density at radius 2 is 2.03 bits per heavy atom. The minimum absolute atomic E-state index is 0.0909. The highest BCUT2D eigenvalue weighted by molar-refractivity contribution is 7.91. The third-order valence-electron chi connectivity index (χ3n) is 4.87. The van der Waals surface area contributed by atoms with Crippen LogP contribution in [0.2, 0.25) is 0 Å². The van der Waals surface area contributed by atoms with E-state index in [1.165, 1.54) is 30.2 Å². The van der Waals surface area contributed by atoms with Crippen LogP contribution in [-0.2, 0) is 10.0 Å². The lowest BCUT2D eigenvalue weighted by molar-refractivity contribution is -0.385. The van der Waals surface area contributed by atoms with Gasteiger partial charge in [-0.05, 0) is 31.2 Å². The van der Waals surface area contributed by atoms with Crippen molar-refractivity contribution in [3.8, 4) is 11.5 Å². The van der Waals surface area contributed by atoms with Crippen LogP contribution in [-0.4, -0.2) is 57.0 Å². The summed E-state index contributed by atoms with van der Waals surface area (Å²) in [6.45, 7) is 2.59. The highest BCUT2D eigenvalue weighted by atomic mass is 32.2. The van der Waals surface area contributed by atoms with Crippen molar-refractivity contribution in [1.29, 1.82) is 0 Å². The average molecular weight is 470 g/mol. The van der Waals surface area contributed by atoms with E-state index in [1.807, 2.05) is 0 Å². The number of hydrogen-bond donors (Lipinski definition) is 1. The Bertz CT molecular complexity index is 1050. The Morgan fingerprint density at radius 3 is 2.58 bits per heavy atom. The molecular weight excluding hydrogens is 446 g/mol. The van der Waals surface area contributed by atoms with Gasteiger partial charge in [0.05, 0.1) is 24.7 Å². The van der Waals surface area contributed by atoms with E-state index in [-0.39, 0.29) is 46.1 Å². The highest BCUT2D eigenvalue weighted by Gasteiger charge is 2.32. The largest absolute Gasteiger partial charge is 0.493 e. The van der Waals surface area contributed by atoms with Crippen molar-refractivity contribution in [3.63, 3.8) is 0 Å². The summed E-state index contributed by atoms with van der Waals surface area (Å²) in [5.41, 5.74) is -0.460. The third kappa shape index (κ3) is 5.14. The van der Waals surface area contributed by atoms with E-state index >= 15 is 0 Å². The molecule has 1 amide bonds. The van der Waals surface area contributed by atoms with Gasteiger partial charge in [-0.1, -0.05) is 6.07 Å². The Balaban J connectivity index is 1.74. The second-order valence-electron chi connectivity index (χ2n) is 6.83. The molecule has 2 aromatic rings. The van der Waals surface area contributed by atoms with Gasteiger partial charge in [0.15, 0.2) is 11.5 Å². The van der Waals surface area contributed by atoms with E-state index in [4.69, 9.17) is 9.47 Å². The topological polar surface area (TPSA) is 128 Å². The number of thiophene rings is 1. The molecule has 10 nitrogen and oxygen atoms in total. The summed E-state index contributed by atoms with van der Waals surface area (Å²) in [4.78, 5) is 25.4. The van der Waals surface area contributed by atoms with E-state index in [0.717, 1.165) is 11.3 Å². The minimum Gasteiger partial charge on any atom is -0.493 e. The molecule has 0 bridgehead atoms. The van der Waals surface area contributed by atoms with E-state index in [2.05, 4.69) is 4.72 Å². The minimum atomic E-state index is -3.60. The second-order valence-corrected chi connectivity index (χ2v) is 9.72. The molecule has 12 heteroatoms. The molecule has 0 atom stereocenters. The number of piperidine rings is 1. The first kappa shape index (κ1) is 23.0. The first-order valence-corrected chi connectivity index (χ1v) is 12.0. The smallest absolute Gasteiger partial charge is 0.286 e. The zero-order chi connectivity index (χ0) is 22.6. The Morgan fingerprint density at radius 1 is 1.32 bits per heavy atom. The number of ether oxygens (including phenoxy) is 2. The van der Waals surface area contributed by atoms with Crippen molar-refractivity contribution >= 4 is 33.0 Å². The van der Waals surface area contributed by atoms with Gasteiger partial charge in [-0.3, -0.25) is 14.9 Å². The SMILES string of the molecule is CCOc1cc(C(=O)N2CCC(NS(=O)(=O)c3cccs3)CC2)c([N+](=O)[O-])cc1OC. The van der Waals surface area contributed by atoms with Crippen LogP contribution in [0.3, 0.4) is 0 Å². The summed E-state index contributed by atoms with van der Waals surface area (Å²) in [6, 6.07) is 5.39. The number of carbonyl (C=O) groups excluding carboxylic acids is 1. The summed E-state index contributed by atoms with van der Waals surface area (Å²) in [5, 5.41) is 13.2. The van der Waals surface area contributed by atoms with Crippen LogP contribution in [0.5, 0.6) is 11.5 Å². The first-order valence-electron chi connectivity index (χ1n) is 9.61. The molecule has 0 unspecified atom stereocenters. The fraction of sp³-hybridized carbons (Fsp3) is 0.421. The molecular formula is C19H23N3O7S2. The molecule has 1 N–H and O–H groups in total. The molecule has 1 saturated heterocycles. The molecule has 0 spiro atoms. The number of nitro benzene ring substituents is 1. The summed E-state index contributed by atoms with van der Waals surface area (Å²) in [5.74, 6) is -0.0841. The molecule has 1 aliphatic heterocycles. The van der Waals surface area contributed by atoms with Crippen LogP contribution in [0, 0.1) is 10.1 Å². The van der Waals surface area contributed by atoms with E-state index in [1.54, 1.807) is 18.4 Å². The molecule has 3 rings (SSSR count). The fourth-order valence-electron chi connectivity index (χ4n) is 3.36. The van der Waals surface area contributed by atoms with Gasteiger partial charge in [-0.2, -0.15) is 0 Å². The summed E-state index contributed by atoms with van der Waals surface area (Å²) < 4.78 is 38.3. The lowest BCUT2D eigenvalue weighted by Crippen LogP contribution is -2.46. The molecule has 31 heavy (non-hydrogen) atoms. The van der Waals surface area contributed by atoms with Crippen molar-refractivity contribution in [2.45, 2.75) is 30.0 Å². The Hall–Kier alpha value is -2.70. The predicted octanol–water partition coefficient (Wildman–Crippen LogP) is 2.65. The Labute approximate surface area is 184 Å². The van der Waals surface area contributed by atoms with Gasteiger partial charge in [-0.15, -0.1) is 11.3 Å². The number of nitro groups is 1. The molecule has 168 valence electrons. The molecule has 1 aromatic heterocycles. The highest BCUT2D eigenvalue weighted by Crippen LogP contribution is 2.35. The van der Waals surface area contributed by atoms with Crippen LogP contribution < -0.4 is 14.2 Å². The molecule has 1 aliphatic rings. The van der Waals surface area contributed by atoms with E-state index < -0.39 is 20.9 Å². The molecule has 0 saturated carbocycles. The van der Waals surface area contributed by atoms with Crippen molar-refractivity contribution in [1.82, 2.24) is 9.62 Å². The van der Waals surface area contributed by atoms with Crippen LogP contribution >= 0.6 is 11.3 Å². The second kappa shape index (κ2) is 9.62. The number of carbonyl (C=O) groups is 1. The number of nitrogens with zero attached hydrogens (tertiary/aromatic N) is 2. The summed E-state index contributed by atoms with van der Waals surface area (Å²) in [7, 11) is -2.23. The quantitative estimate of drug-likeness (QED) is 0.465. The third-order valence-corrected chi connectivity index (χ3v) is 7.79. The summed E-state index contributed by atoms with van der Waals surface area (Å²) in [6.07, 6.45) is 0.803. The fourth-order valence-corrected chi connectivity index (χ4v) is 5.68. The number of rotatable bonds is 8. The number of amides is 1. The molecule has 2 heterocycles. The number of methoxy groups -OCH3 is 1. The number of sulfonamides is 1. The summed E-state index contributed by atoms with van der Waals surface area (Å²) >= 11 is 1.13. The van der Waals surface area contributed by atoms with Gasteiger partial charge in [-0.25, -0.2) is 13.1 Å². The normalized spacial score (nSPS) is 15.0. The molecule has 0 radical (unpaired) electrons. The van der Waals surface area contributed by atoms with Crippen molar-refractivity contribution in [2.75, 3.05) is 26.8 Å². The van der Waals surface area contributed by atoms with E-state index in [0.29, 0.717) is 19.4 Å². The molecule has 0 aliphatic carbocycles. The van der Waals surface area contributed by atoms with E-state index in [9.17, 15) is 23.3 Å².